The standard InChI is InChI=1S/C13H12N2O3/c16-8-9-3-1-4-10(7-9)14-13(18)11-5-2-6-12(17)15-11/h1-7,16H,8H2,(H,14,18)(H,15,17). The first-order valence-electron chi connectivity index (χ1n) is 5.39. The number of carbonyl (C=O) groups excluding carboxylic acids is 1. The molecule has 0 aliphatic carbocycles. The molecule has 0 saturated heterocycles. The predicted octanol–water partition coefficient (Wildman–Crippen LogP) is 1.12. The summed E-state index contributed by atoms with van der Waals surface area (Å²) in [6.07, 6.45) is 0. The number of aromatic nitrogens is 1. The first-order valence-corrected chi connectivity index (χ1v) is 5.39. The van der Waals surface area contributed by atoms with Crippen molar-refractivity contribution in [2.75, 3.05) is 5.32 Å². The number of anilines is 1. The maximum Gasteiger partial charge on any atom is 0.272 e. The lowest BCUT2D eigenvalue weighted by Crippen LogP contribution is -2.17. The minimum atomic E-state index is -0.400. The quantitative estimate of drug-likeness (QED) is 0.756. The molecule has 18 heavy (non-hydrogen) atoms. The molecule has 0 atom stereocenters. The van der Waals surface area contributed by atoms with Crippen molar-refractivity contribution in [3.8, 4) is 0 Å². The summed E-state index contributed by atoms with van der Waals surface area (Å²) >= 11 is 0. The number of aliphatic hydroxyl groups excluding tert-OH is 1. The van der Waals surface area contributed by atoms with Gasteiger partial charge in [-0.05, 0) is 23.8 Å². The number of aliphatic hydroxyl groups is 1. The lowest BCUT2D eigenvalue weighted by Gasteiger charge is -2.06. The average molecular weight is 244 g/mol. The van der Waals surface area contributed by atoms with Gasteiger partial charge < -0.3 is 15.4 Å². The zero-order valence-electron chi connectivity index (χ0n) is 9.51. The Morgan fingerprint density at radius 1 is 1.22 bits per heavy atom. The van der Waals surface area contributed by atoms with Crippen molar-refractivity contribution in [1.29, 1.82) is 0 Å². The molecule has 0 fully saturated rings. The number of carbonyl (C=O) groups is 1. The highest BCUT2D eigenvalue weighted by molar-refractivity contribution is 6.02. The summed E-state index contributed by atoms with van der Waals surface area (Å²) in [5.41, 5.74) is 1.13. The Bertz CT molecular complexity index is 619. The fraction of sp³-hybridized carbons (Fsp3) is 0.0769. The molecule has 0 unspecified atom stereocenters. The molecule has 2 aromatic rings. The first-order chi connectivity index (χ1) is 8.69. The molecule has 1 amide bonds. The smallest absolute Gasteiger partial charge is 0.272 e. The second kappa shape index (κ2) is 5.29. The summed E-state index contributed by atoms with van der Waals surface area (Å²) < 4.78 is 0. The van der Waals surface area contributed by atoms with Crippen LogP contribution in [0.1, 0.15) is 16.1 Å². The summed E-state index contributed by atoms with van der Waals surface area (Å²) in [6, 6.07) is 11.2. The van der Waals surface area contributed by atoms with Crippen molar-refractivity contribution in [2.24, 2.45) is 0 Å². The van der Waals surface area contributed by atoms with E-state index in [1.165, 1.54) is 18.2 Å². The summed E-state index contributed by atoms with van der Waals surface area (Å²) in [5.74, 6) is -0.400. The maximum absolute atomic E-state index is 11.8. The van der Waals surface area contributed by atoms with Gasteiger partial charge in [-0.25, -0.2) is 0 Å². The molecule has 0 spiro atoms. The summed E-state index contributed by atoms with van der Waals surface area (Å²) in [5, 5.41) is 11.6. The molecule has 1 aromatic carbocycles. The van der Waals surface area contributed by atoms with Gasteiger partial charge in [-0.15, -0.1) is 0 Å². The molecule has 5 nitrogen and oxygen atoms in total. The first kappa shape index (κ1) is 12.1. The van der Waals surface area contributed by atoms with E-state index in [9.17, 15) is 9.59 Å². The number of H-pyrrole nitrogens is 1. The van der Waals surface area contributed by atoms with E-state index in [2.05, 4.69) is 10.3 Å². The van der Waals surface area contributed by atoms with Gasteiger partial charge in [0.1, 0.15) is 5.69 Å². The van der Waals surface area contributed by atoms with Crippen LogP contribution >= 0.6 is 0 Å². The van der Waals surface area contributed by atoms with E-state index in [0.29, 0.717) is 11.3 Å². The van der Waals surface area contributed by atoms with Gasteiger partial charge in [-0.1, -0.05) is 18.2 Å². The Labute approximate surface area is 103 Å². The predicted molar refractivity (Wildman–Crippen MR) is 67.4 cm³/mol. The molecule has 3 N–H and O–H groups in total. The topological polar surface area (TPSA) is 82.2 Å². The minimum absolute atomic E-state index is 0.0914. The van der Waals surface area contributed by atoms with Crippen molar-refractivity contribution in [2.45, 2.75) is 6.61 Å². The number of rotatable bonds is 3. The second-order valence-corrected chi connectivity index (χ2v) is 3.74. The Balaban J connectivity index is 2.18. The number of aromatic amines is 1. The molecule has 1 aromatic heterocycles. The number of hydrogen-bond acceptors (Lipinski definition) is 3. The minimum Gasteiger partial charge on any atom is -0.392 e. The fourth-order valence-electron chi connectivity index (χ4n) is 1.53. The van der Waals surface area contributed by atoms with Crippen LogP contribution in [0.25, 0.3) is 0 Å². The zero-order chi connectivity index (χ0) is 13.0. The van der Waals surface area contributed by atoms with Crippen LogP contribution in [-0.2, 0) is 6.61 Å². The van der Waals surface area contributed by atoms with Crippen molar-refractivity contribution >= 4 is 11.6 Å². The highest BCUT2D eigenvalue weighted by Gasteiger charge is 2.06. The average Bonchev–Trinajstić information content (AvgIpc) is 2.39. The van der Waals surface area contributed by atoms with Gasteiger partial charge in [0.25, 0.3) is 5.91 Å². The normalized spacial score (nSPS) is 10.1. The molecule has 92 valence electrons. The van der Waals surface area contributed by atoms with Crippen molar-refractivity contribution < 1.29 is 9.90 Å². The zero-order valence-corrected chi connectivity index (χ0v) is 9.51. The van der Waals surface area contributed by atoms with Gasteiger partial charge in [0.05, 0.1) is 6.61 Å². The highest BCUT2D eigenvalue weighted by Crippen LogP contribution is 2.11. The summed E-state index contributed by atoms with van der Waals surface area (Å²) in [4.78, 5) is 25.3. The number of amides is 1. The number of benzene rings is 1. The van der Waals surface area contributed by atoms with Crippen molar-refractivity contribution in [3.05, 3.63) is 64.1 Å². The molecule has 5 heteroatoms. The van der Waals surface area contributed by atoms with E-state index in [-0.39, 0.29) is 17.9 Å². The third-order valence-corrected chi connectivity index (χ3v) is 2.38. The van der Waals surface area contributed by atoms with E-state index in [1.54, 1.807) is 24.3 Å². The number of hydrogen-bond donors (Lipinski definition) is 3. The lowest BCUT2D eigenvalue weighted by molar-refractivity contribution is 0.102. The summed E-state index contributed by atoms with van der Waals surface area (Å²) in [7, 11) is 0. The molecule has 0 saturated carbocycles. The van der Waals surface area contributed by atoms with Gasteiger partial charge in [0, 0.05) is 11.8 Å². The summed E-state index contributed by atoms with van der Waals surface area (Å²) in [6.45, 7) is -0.0914. The van der Waals surface area contributed by atoms with Gasteiger partial charge in [-0.2, -0.15) is 0 Å². The third kappa shape index (κ3) is 2.83. The molecule has 0 bridgehead atoms. The van der Waals surface area contributed by atoms with Crippen LogP contribution in [0.15, 0.2) is 47.3 Å². The Kier molecular flexibility index (Phi) is 3.54. The van der Waals surface area contributed by atoms with E-state index in [1.807, 2.05) is 0 Å². The Hall–Kier alpha value is -2.40. The van der Waals surface area contributed by atoms with E-state index >= 15 is 0 Å². The largest absolute Gasteiger partial charge is 0.392 e. The van der Waals surface area contributed by atoms with E-state index in [0.717, 1.165) is 0 Å². The van der Waals surface area contributed by atoms with Crippen LogP contribution in [0, 0.1) is 0 Å². The van der Waals surface area contributed by atoms with Crippen LogP contribution in [-0.4, -0.2) is 16.0 Å². The van der Waals surface area contributed by atoms with Crippen LogP contribution < -0.4 is 10.9 Å². The van der Waals surface area contributed by atoms with Gasteiger partial charge in [-0.3, -0.25) is 9.59 Å². The maximum atomic E-state index is 11.8. The van der Waals surface area contributed by atoms with Crippen LogP contribution in [0.3, 0.4) is 0 Å². The molecule has 0 aliphatic rings. The highest BCUT2D eigenvalue weighted by atomic mass is 16.3. The number of nitrogens with one attached hydrogen (secondary N) is 2. The van der Waals surface area contributed by atoms with Crippen molar-refractivity contribution in [1.82, 2.24) is 4.98 Å². The van der Waals surface area contributed by atoms with E-state index in [4.69, 9.17) is 5.11 Å². The van der Waals surface area contributed by atoms with Crippen LogP contribution in [0.2, 0.25) is 0 Å². The lowest BCUT2D eigenvalue weighted by atomic mass is 10.2. The van der Waals surface area contributed by atoms with Gasteiger partial charge >= 0.3 is 0 Å². The monoisotopic (exact) mass is 244 g/mol. The molecular weight excluding hydrogens is 232 g/mol. The van der Waals surface area contributed by atoms with E-state index < -0.39 is 5.91 Å². The molecular formula is C13H12N2O3. The molecule has 1 heterocycles. The van der Waals surface area contributed by atoms with Crippen LogP contribution in [0.5, 0.6) is 0 Å². The Morgan fingerprint density at radius 3 is 2.72 bits per heavy atom. The third-order valence-electron chi connectivity index (χ3n) is 2.38. The fourth-order valence-corrected chi connectivity index (χ4v) is 1.53. The van der Waals surface area contributed by atoms with Gasteiger partial charge in [0.2, 0.25) is 5.56 Å². The molecule has 0 aliphatic heterocycles. The molecule has 2 rings (SSSR count). The number of pyridine rings is 1. The van der Waals surface area contributed by atoms with Gasteiger partial charge in [0.15, 0.2) is 0 Å². The molecule has 0 radical (unpaired) electrons. The Morgan fingerprint density at radius 2 is 2.00 bits per heavy atom. The second-order valence-electron chi connectivity index (χ2n) is 3.74. The SMILES string of the molecule is O=C(Nc1cccc(CO)c1)c1cccc(=O)[nH]1. The van der Waals surface area contributed by atoms with Crippen LogP contribution in [0.4, 0.5) is 5.69 Å². The van der Waals surface area contributed by atoms with Crippen molar-refractivity contribution in [3.63, 3.8) is 0 Å².